The van der Waals surface area contributed by atoms with E-state index in [0.717, 1.165) is 31.0 Å². The van der Waals surface area contributed by atoms with Gasteiger partial charge in [0.2, 0.25) is 5.96 Å². The zero-order valence-corrected chi connectivity index (χ0v) is 11.6. The molecule has 0 spiro atoms. The summed E-state index contributed by atoms with van der Waals surface area (Å²) in [5.74, 6) is 0.841. The van der Waals surface area contributed by atoms with E-state index >= 15 is 0 Å². The Morgan fingerprint density at radius 3 is 2.85 bits per heavy atom. The average Bonchev–Trinajstić information content (AvgIpc) is 2.53. The number of aliphatic imine (C=N–C) groups is 1. The SMILES string of the molecule is CN(/N=C\c1ccc2ccccc2c1)C1=NCCCN1. The van der Waals surface area contributed by atoms with Crippen LogP contribution in [0, 0.1) is 0 Å². The predicted molar refractivity (Wildman–Crippen MR) is 84.2 cm³/mol. The Bertz CT molecular complexity index is 660. The first-order valence-electron chi connectivity index (χ1n) is 6.88. The first kappa shape index (κ1) is 12.7. The van der Waals surface area contributed by atoms with Crippen molar-refractivity contribution in [3.8, 4) is 0 Å². The Morgan fingerprint density at radius 2 is 2.05 bits per heavy atom. The van der Waals surface area contributed by atoms with Crippen LogP contribution in [0.25, 0.3) is 10.8 Å². The minimum absolute atomic E-state index is 0.841. The first-order chi connectivity index (χ1) is 9.83. The number of nitrogens with one attached hydrogen (secondary N) is 1. The van der Waals surface area contributed by atoms with Gasteiger partial charge in [-0.3, -0.25) is 4.99 Å². The van der Waals surface area contributed by atoms with Crippen molar-refractivity contribution in [2.24, 2.45) is 10.1 Å². The van der Waals surface area contributed by atoms with Gasteiger partial charge in [0, 0.05) is 20.1 Å². The van der Waals surface area contributed by atoms with Gasteiger partial charge >= 0.3 is 0 Å². The molecule has 0 amide bonds. The number of hydrogen-bond donors (Lipinski definition) is 1. The van der Waals surface area contributed by atoms with Crippen molar-refractivity contribution in [2.75, 3.05) is 20.1 Å². The lowest BCUT2D eigenvalue weighted by Gasteiger charge is -2.20. The highest BCUT2D eigenvalue weighted by Gasteiger charge is 2.07. The molecule has 1 heterocycles. The van der Waals surface area contributed by atoms with Crippen LogP contribution in [0.1, 0.15) is 12.0 Å². The molecule has 0 aliphatic carbocycles. The van der Waals surface area contributed by atoms with Crippen LogP contribution in [0.15, 0.2) is 52.6 Å². The van der Waals surface area contributed by atoms with Crippen molar-refractivity contribution in [1.29, 1.82) is 0 Å². The third-order valence-corrected chi connectivity index (χ3v) is 3.34. The van der Waals surface area contributed by atoms with Gasteiger partial charge in [0.05, 0.1) is 6.21 Å². The van der Waals surface area contributed by atoms with Crippen molar-refractivity contribution in [3.63, 3.8) is 0 Å². The number of rotatable bonds is 2. The predicted octanol–water partition coefficient (Wildman–Crippen LogP) is 2.45. The quantitative estimate of drug-likeness (QED) is 0.670. The summed E-state index contributed by atoms with van der Waals surface area (Å²) in [7, 11) is 1.91. The fourth-order valence-electron chi connectivity index (χ4n) is 2.23. The highest BCUT2D eigenvalue weighted by atomic mass is 15.5. The van der Waals surface area contributed by atoms with Crippen molar-refractivity contribution in [2.45, 2.75) is 6.42 Å². The molecule has 0 unspecified atom stereocenters. The fourth-order valence-corrected chi connectivity index (χ4v) is 2.23. The van der Waals surface area contributed by atoms with Crippen molar-refractivity contribution < 1.29 is 0 Å². The Balaban J connectivity index is 1.78. The summed E-state index contributed by atoms with van der Waals surface area (Å²) in [4.78, 5) is 4.41. The van der Waals surface area contributed by atoms with E-state index in [1.165, 1.54) is 10.8 Å². The van der Waals surface area contributed by atoms with Crippen LogP contribution in [-0.4, -0.2) is 37.3 Å². The van der Waals surface area contributed by atoms with Gasteiger partial charge in [0.15, 0.2) is 0 Å². The van der Waals surface area contributed by atoms with Gasteiger partial charge in [-0.2, -0.15) is 5.10 Å². The summed E-state index contributed by atoms with van der Waals surface area (Å²) < 4.78 is 0. The second-order valence-electron chi connectivity index (χ2n) is 4.86. The summed E-state index contributed by atoms with van der Waals surface area (Å²) in [6, 6.07) is 14.7. The number of fused-ring (bicyclic) bond motifs is 1. The molecule has 0 radical (unpaired) electrons. The molecule has 102 valence electrons. The van der Waals surface area contributed by atoms with Crippen LogP contribution in [0.5, 0.6) is 0 Å². The van der Waals surface area contributed by atoms with Gasteiger partial charge in [-0.05, 0) is 28.8 Å². The average molecular weight is 266 g/mol. The van der Waals surface area contributed by atoms with E-state index in [2.05, 4.69) is 57.9 Å². The van der Waals surface area contributed by atoms with E-state index in [4.69, 9.17) is 0 Å². The monoisotopic (exact) mass is 266 g/mol. The van der Waals surface area contributed by atoms with Crippen LogP contribution < -0.4 is 5.32 Å². The molecule has 0 saturated heterocycles. The molecule has 2 aromatic carbocycles. The molecule has 0 bridgehead atoms. The molecule has 0 fully saturated rings. The summed E-state index contributed by atoms with van der Waals surface area (Å²) >= 11 is 0. The lowest BCUT2D eigenvalue weighted by atomic mass is 10.1. The van der Waals surface area contributed by atoms with Crippen LogP contribution in [-0.2, 0) is 0 Å². The van der Waals surface area contributed by atoms with E-state index in [9.17, 15) is 0 Å². The van der Waals surface area contributed by atoms with Gasteiger partial charge < -0.3 is 5.32 Å². The third-order valence-electron chi connectivity index (χ3n) is 3.34. The molecule has 0 saturated carbocycles. The van der Waals surface area contributed by atoms with Crippen LogP contribution in [0.4, 0.5) is 0 Å². The molecule has 2 aromatic rings. The first-order valence-corrected chi connectivity index (χ1v) is 6.88. The maximum absolute atomic E-state index is 4.44. The molecule has 3 rings (SSSR count). The molecular formula is C16H18N4. The molecular weight excluding hydrogens is 248 g/mol. The van der Waals surface area contributed by atoms with Gasteiger partial charge in [0.25, 0.3) is 0 Å². The van der Waals surface area contributed by atoms with E-state index in [-0.39, 0.29) is 0 Å². The minimum atomic E-state index is 0.841. The molecule has 0 aromatic heterocycles. The lowest BCUT2D eigenvalue weighted by Crippen LogP contribution is -2.39. The molecule has 0 atom stereocenters. The van der Waals surface area contributed by atoms with Crippen LogP contribution in [0.3, 0.4) is 0 Å². The smallest absolute Gasteiger partial charge is 0.214 e. The number of benzene rings is 2. The van der Waals surface area contributed by atoms with Gasteiger partial charge in [0.1, 0.15) is 0 Å². The summed E-state index contributed by atoms with van der Waals surface area (Å²) in [6.07, 6.45) is 2.96. The number of hydrazone groups is 1. The zero-order chi connectivity index (χ0) is 13.8. The normalized spacial score (nSPS) is 15.2. The fraction of sp³-hybridized carbons (Fsp3) is 0.250. The van der Waals surface area contributed by atoms with E-state index in [1.54, 1.807) is 5.01 Å². The van der Waals surface area contributed by atoms with Crippen LogP contribution >= 0.6 is 0 Å². The number of nitrogens with zero attached hydrogens (tertiary/aromatic N) is 3. The molecule has 4 nitrogen and oxygen atoms in total. The Kier molecular flexibility index (Phi) is 3.63. The summed E-state index contributed by atoms with van der Waals surface area (Å²) in [5.41, 5.74) is 1.09. The molecule has 20 heavy (non-hydrogen) atoms. The zero-order valence-electron chi connectivity index (χ0n) is 11.6. The van der Waals surface area contributed by atoms with Gasteiger partial charge in [-0.1, -0.05) is 36.4 Å². The Hall–Kier alpha value is -2.36. The second kappa shape index (κ2) is 5.74. The minimum Gasteiger partial charge on any atom is -0.355 e. The van der Waals surface area contributed by atoms with E-state index in [0.29, 0.717) is 0 Å². The highest BCUT2D eigenvalue weighted by Crippen LogP contribution is 2.14. The maximum atomic E-state index is 4.44. The Labute approximate surface area is 118 Å². The van der Waals surface area contributed by atoms with Crippen molar-refractivity contribution >= 4 is 22.9 Å². The standard InChI is InChI=1S/C16H18N4/c1-20(16-17-9-4-10-18-16)19-12-13-7-8-14-5-2-3-6-15(14)11-13/h2-3,5-8,11-12H,4,9-10H2,1H3,(H,17,18)/b19-12-. The summed E-state index contributed by atoms with van der Waals surface area (Å²) in [5, 5.41) is 11.9. The van der Waals surface area contributed by atoms with Crippen molar-refractivity contribution in [1.82, 2.24) is 10.3 Å². The Morgan fingerprint density at radius 1 is 1.20 bits per heavy atom. The highest BCUT2D eigenvalue weighted by molar-refractivity contribution is 5.91. The number of hydrogen-bond acceptors (Lipinski definition) is 4. The van der Waals surface area contributed by atoms with Gasteiger partial charge in [-0.15, -0.1) is 0 Å². The molecule has 4 heteroatoms. The molecule has 1 N–H and O–H groups in total. The maximum Gasteiger partial charge on any atom is 0.214 e. The lowest BCUT2D eigenvalue weighted by molar-refractivity contribution is 0.503. The topological polar surface area (TPSA) is 40.0 Å². The molecule has 1 aliphatic rings. The largest absolute Gasteiger partial charge is 0.355 e. The van der Waals surface area contributed by atoms with Gasteiger partial charge in [-0.25, -0.2) is 5.01 Å². The van der Waals surface area contributed by atoms with Crippen LogP contribution in [0.2, 0.25) is 0 Å². The van der Waals surface area contributed by atoms with Crippen molar-refractivity contribution in [3.05, 3.63) is 48.0 Å². The number of guanidine groups is 1. The molecule has 1 aliphatic heterocycles. The summed E-state index contributed by atoms with van der Waals surface area (Å²) in [6.45, 7) is 1.84. The van der Waals surface area contributed by atoms with E-state index in [1.807, 2.05) is 13.3 Å². The van der Waals surface area contributed by atoms with E-state index < -0.39 is 0 Å². The third kappa shape index (κ3) is 2.79. The second-order valence-corrected chi connectivity index (χ2v) is 4.86.